The highest BCUT2D eigenvalue weighted by molar-refractivity contribution is 5.98. The smallest absolute Gasteiger partial charge is 0.333 e. The van der Waals surface area contributed by atoms with Crippen LogP contribution in [-0.4, -0.2) is 29.5 Å². The first-order valence-corrected chi connectivity index (χ1v) is 8.33. The average Bonchev–Trinajstić information content (AvgIpc) is 2.69. The third kappa shape index (κ3) is 3.93. The maximum atomic E-state index is 11.5. The SMILES string of the molecule is Nc1c([N+](=O)[O-])c(N)c([N+](=O)[O-])c(N=Nc2c([N+](=O)[O-])c(N)c([N+](=O)[O-])c(N)c2[N+](=O)[O-])c1[N+](=O)[O-]. The standard InChI is InChI=1S/C12H8N12O12/c13-1-7(19(25)26)2(14)10(22(31)32)5(9(1)21(29)30)17-18-6-11(23(33)34)3(15)8(20(27)28)4(16)12(6)24(35)36/h13-16H2. The average molecular weight is 512 g/mol. The second-order valence-electron chi connectivity index (χ2n) is 6.19. The van der Waals surface area contributed by atoms with Crippen molar-refractivity contribution in [1.82, 2.24) is 0 Å². The lowest BCUT2D eigenvalue weighted by Gasteiger charge is -2.07. The molecule has 0 saturated heterocycles. The summed E-state index contributed by atoms with van der Waals surface area (Å²) >= 11 is 0. The molecule has 0 atom stereocenters. The molecule has 8 N–H and O–H groups in total. The van der Waals surface area contributed by atoms with E-state index in [0.29, 0.717) is 0 Å². The van der Waals surface area contributed by atoms with Crippen LogP contribution in [-0.2, 0) is 0 Å². The number of hydrogen-bond acceptors (Lipinski definition) is 18. The van der Waals surface area contributed by atoms with Crippen LogP contribution in [0, 0.1) is 60.7 Å². The molecule has 188 valence electrons. The molecule has 0 amide bonds. The van der Waals surface area contributed by atoms with Crippen molar-refractivity contribution in [2.45, 2.75) is 0 Å². The van der Waals surface area contributed by atoms with Crippen LogP contribution in [0.15, 0.2) is 10.2 Å². The fourth-order valence-corrected chi connectivity index (χ4v) is 2.90. The van der Waals surface area contributed by atoms with E-state index in [-0.39, 0.29) is 0 Å². The zero-order chi connectivity index (χ0) is 27.8. The fourth-order valence-electron chi connectivity index (χ4n) is 2.90. The largest absolute Gasteiger partial charge is 0.387 e. The van der Waals surface area contributed by atoms with Gasteiger partial charge in [0.2, 0.25) is 11.4 Å². The summed E-state index contributed by atoms with van der Waals surface area (Å²) in [7, 11) is 0. The maximum absolute atomic E-state index is 11.5. The Balaban J connectivity index is 3.15. The van der Waals surface area contributed by atoms with Gasteiger partial charge >= 0.3 is 34.1 Å². The van der Waals surface area contributed by atoms with E-state index in [1.807, 2.05) is 0 Å². The minimum absolute atomic E-state index is 1.34. The molecule has 0 radical (unpaired) electrons. The molecule has 0 aliphatic carbocycles. The van der Waals surface area contributed by atoms with Gasteiger partial charge in [0.05, 0.1) is 29.5 Å². The zero-order valence-corrected chi connectivity index (χ0v) is 16.8. The van der Waals surface area contributed by atoms with Crippen molar-refractivity contribution >= 4 is 68.2 Å². The number of nitrogens with two attached hydrogens (primary N) is 4. The van der Waals surface area contributed by atoms with Gasteiger partial charge in [0.25, 0.3) is 0 Å². The Kier molecular flexibility index (Phi) is 6.39. The van der Waals surface area contributed by atoms with E-state index in [4.69, 9.17) is 22.9 Å². The van der Waals surface area contributed by atoms with Gasteiger partial charge in [0.1, 0.15) is 0 Å². The van der Waals surface area contributed by atoms with E-state index in [1.54, 1.807) is 0 Å². The van der Waals surface area contributed by atoms with Gasteiger partial charge in [-0.05, 0) is 0 Å². The third-order valence-corrected chi connectivity index (χ3v) is 4.28. The van der Waals surface area contributed by atoms with Crippen LogP contribution in [0.2, 0.25) is 0 Å². The number of rotatable bonds is 8. The Morgan fingerprint density at radius 2 is 0.556 bits per heavy atom. The van der Waals surface area contributed by atoms with Crippen molar-refractivity contribution in [2.75, 3.05) is 22.9 Å². The number of hydrogen-bond donors (Lipinski definition) is 4. The molecule has 24 heteroatoms. The van der Waals surface area contributed by atoms with Crippen LogP contribution in [0.3, 0.4) is 0 Å². The number of nitrogens with zero attached hydrogens (tertiary/aromatic N) is 8. The van der Waals surface area contributed by atoms with Crippen molar-refractivity contribution in [2.24, 2.45) is 10.2 Å². The molecule has 2 rings (SSSR count). The molecular weight excluding hydrogens is 504 g/mol. The van der Waals surface area contributed by atoms with Gasteiger partial charge in [-0.15, -0.1) is 10.2 Å². The maximum Gasteiger partial charge on any atom is 0.333 e. The minimum Gasteiger partial charge on any atom is -0.387 e. The molecule has 2 aromatic carbocycles. The van der Waals surface area contributed by atoms with Crippen LogP contribution < -0.4 is 22.9 Å². The summed E-state index contributed by atoms with van der Waals surface area (Å²) in [6, 6.07) is 0. The minimum atomic E-state index is -1.61. The highest BCUT2D eigenvalue weighted by Crippen LogP contribution is 2.54. The normalized spacial score (nSPS) is 10.8. The van der Waals surface area contributed by atoms with Crippen LogP contribution in [0.4, 0.5) is 68.2 Å². The van der Waals surface area contributed by atoms with E-state index in [9.17, 15) is 60.7 Å². The molecule has 0 bridgehead atoms. The van der Waals surface area contributed by atoms with Gasteiger partial charge in [0, 0.05) is 0 Å². The summed E-state index contributed by atoms with van der Waals surface area (Å²) in [6.07, 6.45) is 0. The lowest BCUT2D eigenvalue weighted by Crippen LogP contribution is -2.08. The van der Waals surface area contributed by atoms with E-state index < -0.39 is 97.8 Å². The Bertz CT molecular complexity index is 1260. The first-order valence-electron chi connectivity index (χ1n) is 8.33. The quantitative estimate of drug-likeness (QED) is 0.169. The Labute approximate surface area is 192 Å². The van der Waals surface area contributed by atoms with Gasteiger partial charge in [-0.3, -0.25) is 60.7 Å². The fraction of sp³-hybridized carbons (Fsp3) is 0. The van der Waals surface area contributed by atoms with Gasteiger partial charge in [0.15, 0.2) is 22.7 Å². The van der Waals surface area contributed by atoms with Crippen LogP contribution >= 0.6 is 0 Å². The molecule has 0 fully saturated rings. The molecule has 0 spiro atoms. The Morgan fingerprint density at radius 3 is 0.694 bits per heavy atom. The molecule has 36 heavy (non-hydrogen) atoms. The van der Waals surface area contributed by atoms with E-state index >= 15 is 0 Å². The summed E-state index contributed by atoms with van der Waals surface area (Å²) in [4.78, 5) is 59.8. The van der Waals surface area contributed by atoms with Gasteiger partial charge in [-0.25, -0.2) is 0 Å². The Morgan fingerprint density at radius 1 is 0.389 bits per heavy atom. The zero-order valence-electron chi connectivity index (χ0n) is 16.8. The molecule has 2 aromatic rings. The lowest BCUT2D eigenvalue weighted by atomic mass is 10.1. The van der Waals surface area contributed by atoms with E-state index in [2.05, 4.69) is 10.2 Å². The Hall–Kier alpha value is -6.36. The molecule has 0 saturated carbocycles. The van der Waals surface area contributed by atoms with E-state index in [1.165, 1.54) is 0 Å². The molecular formula is C12H8N12O12. The van der Waals surface area contributed by atoms with Crippen LogP contribution in [0.5, 0.6) is 0 Å². The molecule has 0 aliphatic heterocycles. The monoisotopic (exact) mass is 512 g/mol. The van der Waals surface area contributed by atoms with Crippen LogP contribution in [0.1, 0.15) is 0 Å². The van der Waals surface area contributed by atoms with E-state index in [0.717, 1.165) is 0 Å². The van der Waals surface area contributed by atoms with Crippen molar-refractivity contribution in [3.63, 3.8) is 0 Å². The number of anilines is 4. The highest BCUT2D eigenvalue weighted by atomic mass is 16.6. The van der Waals surface area contributed by atoms with Gasteiger partial charge in [-0.2, -0.15) is 0 Å². The topological polar surface area (TPSA) is 388 Å². The van der Waals surface area contributed by atoms with Gasteiger partial charge in [-0.1, -0.05) is 0 Å². The summed E-state index contributed by atoms with van der Waals surface area (Å²) in [5.41, 5.74) is 3.73. The summed E-state index contributed by atoms with van der Waals surface area (Å²) in [6.45, 7) is 0. The van der Waals surface area contributed by atoms with Crippen molar-refractivity contribution in [1.29, 1.82) is 0 Å². The summed E-state index contributed by atoms with van der Waals surface area (Å²) in [5, 5.41) is 74.5. The highest BCUT2D eigenvalue weighted by Gasteiger charge is 2.43. The van der Waals surface area contributed by atoms with Crippen LogP contribution in [0.25, 0.3) is 0 Å². The summed E-state index contributed by atoms with van der Waals surface area (Å²) < 4.78 is 0. The second kappa shape index (κ2) is 8.88. The van der Waals surface area contributed by atoms with Crippen molar-refractivity contribution in [3.05, 3.63) is 60.7 Å². The van der Waals surface area contributed by atoms with Crippen molar-refractivity contribution < 1.29 is 29.5 Å². The van der Waals surface area contributed by atoms with Gasteiger partial charge < -0.3 is 22.9 Å². The predicted molar refractivity (Wildman–Crippen MR) is 115 cm³/mol. The molecule has 24 nitrogen and oxygen atoms in total. The molecule has 0 aromatic heterocycles. The number of nitro groups is 6. The number of azo groups is 1. The number of nitrogen functional groups attached to an aromatic ring is 4. The van der Waals surface area contributed by atoms with Crippen molar-refractivity contribution in [3.8, 4) is 0 Å². The predicted octanol–water partition coefficient (Wildman–Crippen LogP) is 1.88. The number of benzene rings is 2. The third-order valence-electron chi connectivity index (χ3n) is 4.28. The summed E-state index contributed by atoms with van der Waals surface area (Å²) in [5.74, 6) is 0. The lowest BCUT2D eigenvalue weighted by molar-refractivity contribution is -0.400. The second-order valence-corrected chi connectivity index (χ2v) is 6.19. The molecule has 0 heterocycles. The number of nitro benzene ring substituents is 6. The first-order chi connectivity index (χ1) is 16.6. The molecule has 0 aliphatic rings. The molecule has 0 unspecified atom stereocenters. The first kappa shape index (κ1) is 25.9.